The van der Waals surface area contributed by atoms with Crippen LogP contribution in [0.3, 0.4) is 0 Å². The lowest BCUT2D eigenvalue weighted by molar-refractivity contribution is 0.0524. The van der Waals surface area contributed by atoms with Crippen LogP contribution in [-0.4, -0.2) is 17.1 Å². The molecule has 0 spiro atoms. The van der Waals surface area contributed by atoms with Gasteiger partial charge in [-0.3, -0.25) is 0 Å². The third kappa shape index (κ3) is 2.89. The van der Waals surface area contributed by atoms with Gasteiger partial charge in [-0.05, 0) is 49.1 Å². The van der Waals surface area contributed by atoms with Gasteiger partial charge >= 0.3 is 5.97 Å². The quantitative estimate of drug-likeness (QED) is 0.457. The summed E-state index contributed by atoms with van der Waals surface area (Å²) < 4.78 is 7.62. The van der Waals surface area contributed by atoms with Crippen LogP contribution in [0.25, 0.3) is 21.8 Å². The van der Waals surface area contributed by atoms with E-state index in [4.69, 9.17) is 4.74 Å². The fourth-order valence-corrected chi connectivity index (χ4v) is 4.02. The maximum atomic E-state index is 12.8. The fourth-order valence-electron chi connectivity index (χ4n) is 4.02. The zero-order chi connectivity index (χ0) is 19.0. The van der Waals surface area contributed by atoms with Crippen molar-refractivity contribution in [3.05, 3.63) is 82.9 Å². The van der Waals surface area contributed by atoms with Gasteiger partial charge in [0.25, 0.3) is 0 Å². The molecule has 3 heteroatoms. The molecule has 0 saturated heterocycles. The number of benzene rings is 3. The maximum Gasteiger partial charge on any atom is 0.338 e. The number of nitrogens with zero attached hydrogens (tertiary/aromatic N) is 1. The average molecular weight is 357 g/mol. The van der Waals surface area contributed by atoms with Crippen LogP contribution in [0.5, 0.6) is 0 Å². The second-order valence-electron chi connectivity index (χ2n) is 6.89. The Morgan fingerprint density at radius 3 is 2.44 bits per heavy atom. The van der Waals surface area contributed by atoms with Crippen LogP contribution in [0.15, 0.2) is 60.7 Å². The van der Waals surface area contributed by atoms with Gasteiger partial charge < -0.3 is 9.30 Å². The summed E-state index contributed by atoms with van der Waals surface area (Å²) in [5.41, 5.74) is 6.20. The molecule has 0 aliphatic carbocycles. The van der Waals surface area contributed by atoms with Gasteiger partial charge in [0.05, 0.1) is 12.2 Å². The molecule has 0 atom stereocenters. The van der Waals surface area contributed by atoms with E-state index in [1.165, 1.54) is 16.5 Å². The molecule has 0 fully saturated rings. The normalized spacial score (nSPS) is 11.2. The average Bonchev–Trinajstić information content (AvgIpc) is 2.96. The molecule has 0 radical (unpaired) electrons. The van der Waals surface area contributed by atoms with Crippen LogP contribution >= 0.6 is 0 Å². The zero-order valence-electron chi connectivity index (χ0n) is 16.0. The molecule has 0 unspecified atom stereocenters. The van der Waals surface area contributed by atoms with Gasteiger partial charge in [-0.15, -0.1) is 0 Å². The third-order valence-corrected chi connectivity index (χ3v) is 5.25. The molecule has 0 saturated carbocycles. The number of carbonyl (C=O) groups is 1. The number of carbonyl (C=O) groups excluding carboxylic acids is 1. The first-order valence-electron chi connectivity index (χ1n) is 9.32. The Balaban J connectivity index is 2.02. The summed E-state index contributed by atoms with van der Waals surface area (Å²) in [5.74, 6) is -0.240. The van der Waals surface area contributed by atoms with Gasteiger partial charge in [0, 0.05) is 28.9 Å². The van der Waals surface area contributed by atoms with Gasteiger partial charge in [-0.25, -0.2) is 4.79 Å². The van der Waals surface area contributed by atoms with E-state index in [2.05, 4.69) is 41.9 Å². The minimum Gasteiger partial charge on any atom is -0.462 e. The molecule has 3 aromatic carbocycles. The topological polar surface area (TPSA) is 31.2 Å². The van der Waals surface area contributed by atoms with Crippen LogP contribution in [0.4, 0.5) is 0 Å². The SMILES string of the molecule is CCOC(=O)c1c(Cc2ccccc2)cc2c(c1C)c1ccccc1n2C. The van der Waals surface area contributed by atoms with E-state index < -0.39 is 0 Å². The number of hydrogen-bond donors (Lipinski definition) is 0. The molecule has 0 N–H and O–H groups in total. The Hall–Kier alpha value is -3.07. The van der Waals surface area contributed by atoms with E-state index in [-0.39, 0.29) is 5.97 Å². The largest absolute Gasteiger partial charge is 0.462 e. The van der Waals surface area contributed by atoms with E-state index in [1.807, 2.05) is 44.2 Å². The number of aryl methyl sites for hydroxylation is 2. The second kappa shape index (κ2) is 6.92. The summed E-state index contributed by atoms with van der Waals surface area (Å²) in [7, 11) is 2.08. The van der Waals surface area contributed by atoms with Crippen LogP contribution in [0, 0.1) is 6.92 Å². The summed E-state index contributed by atoms with van der Waals surface area (Å²) >= 11 is 0. The lowest BCUT2D eigenvalue weighted by atomic mass is 9.93. The highest BCUT2D eigenvalue weighted by molar-refractivity contribution is 6.13. The van der Waals surface area contributed by atoms with E-state index in [9.17, 15) is 4.79 Å². The number of aromatic nitrogens is 1. The van der Waals surface area contributed by atoms with E-state index in [0.717, 1.165) is 22.0 Å². The molecule has 0 aliphatic heterocycles. The minimum absolute atomic E-state index is 0.240. The fraction of sp³-hybridized carbons (Fsp3) is 0.208. The predicted octanol–water partition coefficient (Wildman–Crippen LogP) is 5.41. The van der Waals surface area contributed by atoms with Crippen molar-refractivity contribution in [3.63, 3.8) is 0 Å². The molecule has 0 aliphatic rings. The highest BCUT2D eigenvalue weighted by Crippen LogP contribution is 2.35. The third-order valence-electron chi connectivity index (χ3n) is 5.25. The van der Waals surface area contributed by atoms with E-state index >= 15 is 0 Å². The van der Waals surface area contributed by atoms with Crippen molar-refractivity contribution in [1.82, 2.24) is 4.57 Å². The van der Waals surface area contributed by atoms with Gasteiger partial charge in [0.1, 0.15) is 0 Å². The monoisotopic (exact) mass is 357 g/mol. The molecule has 1 heterocycles. The van der Waals surface area contributed by atoms with Gasteiger partial charge in [-0.1, -0.05) is 48.5 Å². The molecular formula is C24H23NO2. The van der Waals surface area contributed by atoms with Gasteiger partial charge in [0.2, 0.25) is 0 Å². The Morgan fingerprint density at radius 1 is 1.00 bits per heavy atom. The molecule has 0 bridgehead atoms. The lowest BCUT2D eigenvalue weighted by Crippen LogP contribution is -2.11. The van der Waals surface area contributed by atoms with Crippen molar-refractivity contribution >= 4 is 27.8 Å². The number of hydrogen-bond acceptors (Lipinski definition) is 2. The van der Waals surface area contributed by atoms with Gasteiger partial charge in [-0.2, -0.15) is 0 Å². The summed E-state index contributed by atoms with van der Waals surface area (Å²) in [5, 5.41) is 2.30. The number of esters is 1. The van der Waals surface area contributed by atoms with Crippen molar-refractivity contribution in [2.45, 2.75) is 20.3 Å². The molecule has 3 nitrogen and oxygen atoms in total. The summed E-state index contributed by atoms with van der Waals surface area (Å²) in [4.78, 5) is 12.8. The van der Waals surface area contributed by atoms with Crippen LogP contribution in [-0.2, 0) is 18.2 Å². The first-order chi connectivity index (χ1) is 13.1. The molecule has 4 aromatic rings. The smallest absolute Gasteiger partial charge is 0.338 e. The summed E-state index contributed by atoms with van der Waals surface area (Å²) in [6.07, 6.45) is 0.702. The number of fused-ring (bicyclic) bond motifs is 3. The van der Waals surface area contributed by atoms with Crippen molar-refractivity contribution in [2.24, 2.45) is 7.05 Å². The standard InChI is InChI=1S/C24H23NO2/c1-4-27-24(26)22-16(2)23-19-12-8-9-13-20(19)25(3)21(23)15-18(22)14-17-10-6-5-7-11-17/h5-13,15H,4,14H2,1-3H3. The predicted molar refractivity (Wildman–Crippen MR) is 110 cm³/mol. The van der Waals surface area contributed by atoms with Crippen molar-refractivity contribution < 1.29 is 9.53 Å². The summed E-state index contributed by atoms with van der Waals surface area (Å²) in [6, 6.07) is 20.7. The highest BCUT2D eigenvalue weighted by atomic mass is 16.5. The second-order valence-corrected chi connectivity index (χ2v) is 6.89. The molecule has 136 valence electrons. The summed E-state index contributed by atoms with van der Waals surface area (Å²) in [6.45, 7) is 4.26. The van der Waals surface area contributed by atoms with Crippen molar-refractivity contribution in [2.75, 3.05) is 6.61 Å². The van der Waals surface area contributed by atoms with Gasteiger partial charge in [0.15, 0.2) is 0 Å². The lowest BCUT2D eigenvalue weighted by Gasteiger charge is -2.14. The zero-order valence-corrected chi connectivity index (χ0v) is 16.0. The van der Waals surface area contributed by atoms with Crippen LogP contribution < -0.4 is 0 Å². The minimum atomic E-state index is -0.240. The Labute approximate surface area is 159 Å². The molecule has 27 heavy (non-hydrogen) atoms. The molecule has 1 aromatic heterocycles. The molecule has 0 amide bonds. The Bertz CT molecular complexity index is 1140. The van der Waals surface area contributed by atoms with Crippen LogP contribution in [0.1, 0.15) is 34.0 Å². The van der Waals surface area contributed by atoms with Crippen molar-refractivity contribution in [1.29, 1.82) is 0 Å². The molecular weight excluding hydrogens is 334 g/mol. The highest BCUT2D eigenvalue weighted by Gasteiger charge is 2.22. The van der Waals surface area contributed by atoms with E-state index in [1.54, 1.807) is 0 Å². The number of para-hydroxylation sites is 1. The first kappa shape index (κ1) is 17.3. The van der Waals surface area contributed by atoms with E-state index in [0.29, 0.717) is 18.6 Å². The maximum absolute atomic E-state index is 12.8. The Morgan fingerprint density at radius 2 is 1.70 bits per heavy atom. The van der Waals surface area contributed by atoms with Crippen LogP contribution in [0.2, 0.25) is 0 Å². The van der Waals surface area contributed by atoms with Crippen molar-refractivity contribution in [3.8, 4) is 0 Å². The molecule has 4 rings (SSSR count). The number of rotatable bonds is 4. The first-order valence-corrected chi connectivity index (χ1v) is 9.32. The number of ether oxygens (including phenoxy) is 1. The Kier molecular flexibility index (Phi) is 4.44.